The van der Waals surface area contributed by atoms with Gasteiger partial charge in [0.05, 0.1) is 5.69 Å². The van der Waals surface area contributed by atoms with Gasteiger partial charge >= 0.3 is 0 Å². The summed E-state index contributed by atoms with van der Waals surface area (Å²) in [4.78, 5) is 12.6. The first-order valence-corrected chi connectivity index (χ1v) is 7.73. The molecule has 3 aromatic rings. The van der Waals surface area contributed by atoms with Gasteiger partial charge in [0.25, 0.3) is 5.91 Å². The van der Waals surface area contributed by atoms with E-state index in [9.17, 15) is 4.79 Å². The second-order valence-electron chi connectivity index (χ2n) is 5.79. The standard InChI is InChI=1S/C15H16N8O/c1-10-18-19-14-6-5-12(8-22(10)14)17-15(24)11-3-2-4-13(7-11)23-9-16-20-21-23/h2-4,7,9,12H,5-6,8H2,1H3,(H,17,24). The molecule has 1 aliphatic rings. The normalized spacial score (nSPS) is 16.6. The van der Waals surface area contributed by atoms with Crippen LogP contribution in [0.5, 0.6) is 0 Å². The lowest BCUT2D eigenvalue weighted by Gasteiger charge is -2.25. The number of hydrogen-bond acceptors (Lipinski definition) is 6. The van der Waals surface area contributed by atoms with Crippen LogP contribution in [-0.4, -0.2) is 46.9 Å². The van der Waals surface area contributed by atoms with E-state index in [-0.39, 0.29) is 11.9 Å². The van der Waals surface area contributed by atoms with Gasteiger partial charge in [-0.05, 0) is 42.0 Å². The molecule has 1 aromatic carbocycles. The van der Waals surface area contributed by atoms with Crippen LogP contribution in [0.1, 0.15) is 28.4 Å². The van der Waals surface area contributed by atoms with Crippen molar-refractivity contribution >= 4 is 5.91 Å². The minimum atomic E-state index is -0.107. The molecule has 0 aliphatic carbocycles. The van der Waals surface area contributed by atoms with Gasteiger partial charge in [-0.15, -0.1) is 15.3 Å². The van der Waals surface area contributed by atoms with Crippen molar-refractivity contribution in [1.82, 2.24) is 40.3 Å². The Balaban J connectivity index is 1.49. The third-order valence-electron chi connectivity index (χ3n) is 4.19. The summed E-state index contributed by atoms with van der Waals surface area (Å²) in [5.74, 6) is 1.76. The summed E-state index contributed by atoms with van der Waals surface area (Å²) in [5.41, 5.74) is 1.32. The van der Waals surface area contributed by atoms with E-state index in [0.717, 1.165) is 30.2 Å². The van der Waals surface area contributed by atoms with Gasteiger partial charge < -0.3 is 9.88 Å². The topological polar surface area (TPSA) is 103 Å². The number of nitrogens with one attached hydrogen (secondary N) is 1. The van der Waals surface area contributed by atoms with E-state index in [4.69, 9.17) is 0 Å². The van der Waals surface area contributed by atoms with Crippen LogP contribution in [0.2, 0.25) is 0 Å². The van der Waals surface area contributed by atoms with Crippen LogP contribution >= 0.6 is 0 Å². The number of carbonyl (C=O) groups excluding carboxylic acids is 1. The third kappa shape index (κ3) is 2.64. The number of aryl methyl sites for hydroxylation is 2. The second-order valence-corrected chi connectivity index (χ2v) is 5.79. The molecule has 0 bridgehead atoms. The first-order valence-electron chi connectivity index (χ1n) is 7.73. The number of hydrogen-bond donors (Lipinski definition) is 1. The van der Waals surface area contributed by atoms with Crippen molar-refractivity contribution in [2.45, 2.75) is 32.4 Å². The lowest BCUT2D eigenvalue weighted by molar-refractivity contribution is 0.0927. The van der Waals surface area contributed by atoms with Gasteiger partial charge in [-0.1, -0.05) is 6.07 Å². The highest BCUT2D eigenvalue weighted by Crippen LogP contribution is 2.16. The highest BCUT2D eigenvalue weighted by Gasteiger charge is 2.23. The lowest BCUT2D eigenvalue weighted by atomic mass is 10.1. The monoisotopic (exact) mass is 324 g/mol. The predicted octanol–water partition coefficient (Wildman–Crippen LogP) is 0.307. The van der Waals surface area contributed by atoms with Gasteiger partial charge in [-0.2, -0.15) is 0 Å². The summed E-state index contributed by atoms with van der Waals surface area (Å²) in [6.45, 7) is 2.63. The van der Waals surface area contributed by atoms with Gasteiger partial charge in [0.15, 0.2) is 0 Å². The van der Waals surface area contributed by atoms with Crippen molar-refractivity contribution in [3.63, 3.8) is 0 Å². The van der Waals surface area contributed by atoms with E-state index in [1.165, 1.54) is 11.0 Å². The molecule has 3 heterocycles. The van der Waals surface area contributed by atoms with Crippen LogP contribution in [0.15, 0.2) is 30.6 Å². The molecule has 0 fully saturated rings. The van der Waals surface area contributed by atoms with Crippen LogP contribution in [0, 0.1) is 6.92 Å². The third-order valence-corrected chi connectivity index (χ3v) is 4.19. The van der Waals surface area contributed by atoms with Gasteiger partial charge in [-0.3, -0.25) is 4.79 Å². The Morgan fingerprint density at radius 2 is 2.25 bits per heavy atom. The molecule has 1 N–H and O–H groups in total. The van der Waals surface area contributed by atoms with Crippen LogP contribution in [0.25, 0.3) is 5.69 Å². The van der Waals surface area contributed by atoms with E-state index >= 15 is 0 Å². The molecule has 1 aliphatic heterocycles. The number of benzene rings is 1. The smallest absolute Gasteiger partial charge is 0.251 e. The molecule has 1 unspecified atom stereocenters. The fourth-order valence-electron chi connectivity index (χ4n) is 2.92. The van der Waals surface area contributed by atoms with Gasteiger partial charge in [-0.25, -0.2) is 4.68 Å². The molecular formula is C15H16N8O. The largest absolute Gasteiger partial charge is 0.347 e. The molecule has 0 radical (unpaired) electrons. The Bertz CT molecular complexity index is 869. The predicted molar refractivity (Wildman–Crippen MR) is 83.5 cm³/mol. The Labute approximate surface area is 137 Å². The molecule has 122 valence electrons. The minimum absolute atomic E-state index is 0.0661. The zero-order valence-electron chi connectivity index (χ0n) is 13.1. The number of rotatable bonds is 3. The Morgan fingerprint density at radius 3 is 3.08 bits per heavy atom. The fourth-order valence-corrected chi connectivity index (χ4v) is 2.92. The lowest BCUT2D eigenvalue weighted by Crippen LogP contribution is -2.41. The van der Waals surface area contributed by atoms with Crippen LogP contribution in [-0.2, 0) is 13.0 Å². The van der Waals surface area contributed by atoms with Crippen LogP contribution in [0.4, 0.5) is 0 Å². The molecular weight excluding hydrogens is 308 g/mol. The summed E-state index contributed by atoms with van der Waals surface area (Å²) in [6, 6.07) is 7.28. The van der Waals surface area contributed by atoms with E-state index in [0.29, 0.717) is 12.1 Å². The summed E-state index contributed by atoms with van der Waals surface area (Å²) in [5, 5.41) is 22.4. The van der Waals surface area contributed by atoms with E-state index in [2.05, 4.69) is 35.6 Å². The van der Waals surface area contributed by atoms with Crippen molar-refractivity contribution < 1.29 is 4.79 Å². The molecule has 1 amide bonds. The van der Waals surface area contributed by atoms with Gasteiger partial charge in [0.2, 0.25) is 0 Å². The van der Waals surface area contributed by atoms with Crippen LogP contribution in [0.3, 0.4) is 0 Å². The first-order chi connectivity index (χ1) is 11.7. The highest BCUT2D eigenvalue weighted by molar-refractivity contribution is 5.94. The van der Waals surface area contributed by atoms with E-state index < -0.39 is 0 Å². The zero-order chi connectivity index (χ0) is 16.5. The van der Waals surface area contributed by atoms with Gasteiger partial charge in [0.1, 0.15) is 18.0 Å². The summed E-state index contributed by atoms with van der Waals surface area (Å²) < 4.78 is 3.58. The molecule has 9 nitrogen and oxygen atoms in total. The number of nitrogens with zero attached hydrogens (tertiary/aromatic N) is 7. The fraction of sp³-hybridized carbons (Fsp3) is 0.333. The SMILES string of the molecule is Cc1nnc2n1CC(NC(=O)c1cccc(-n3cnnn3)c1)CC2. The minimum Gasteiger partial charge on any atom is -0.347 e. The summed E-state index contributed by atoms with van der Waals surface area (Å²) in [7, 11) is 0. The summed E-state index contributed by atoms with van der Waals surface area (Å²) in [6.07, 6.45) is 3.17. The number of amides is 1. The maximum absolute atomic E-state index is 12.6. The van der Waals surface area contributed by atoms with Gasteiger partial charge in [0, 0.05) is 24.6 Å². The number of fused-ring (bicyclic) bond motifs is 1. The molecule has 0 spiro atoms. The molecule has 4 rings (SSSR count). The van der Waals surface area contributed by atoms with Crippen molar-refractivity contribution in [3.05, 3.63) is 47.8 Å². The van der Waals surface area contributed by atoms with E-state index in [1.54, 1.807) is 12.1 Å². The first kappa shape index (κ1) is 14.5. The molecule has 24 heavy (non-hydrogen) atoms. The second kappa shape index (κ2) is 5.84. The zero-order valence-corrected chi connectivity index (χ0v) is 13.1. The number of carbonyl (C=O) groups is 1. The molecule has 2 aromatic heterocycles. The molecule has 9 heteroatoms. The Kier molecular flexibility index (Phi) is 3.52. The van der Waals surface area contributed by atoms with Crippen molar-refractivity contribution in [3.8, 4) is 5.69 Å². The number of aromatic nitrogens is 7. The van der Waals surface area contributed by atoms with E-state index in [1.807, 2.05) is 19.1 Å². The van der Waals surface area contributed by atoms with Crippen molar-refractivity contribution in [2.75, 3.05) is 0 Å². The summed E-state index contributed by atoms with van der Waals surface area (Å²) >= 11 is 0. The quantitative estimate of drug-likeness (QED) is 0.743. The highest BCUT2D eigenvalue weighted by atomic mass is 16.1. The van der Waals surface area contributed by atoms with Crippen molar-refractivity contribution in [1.29, 1.82) is 0 Å². The maximum atomic E-state index is 12.6. The Morgan fingerprint density at radius 1 is 1.33 bits per heavy atom. The Hall–Kier alpha value is -3.10. The molecule has 1 atom stereocenters. The maximum Gasteiger partial charge on any atom is 0.251 e. The number of tetrazole rings is 1. The molecule has 0 saturated carbocycles. The van der Waals surface area contributed by atoms with Crippen LogP contribution < -0.4 is 5.32 Å². The molecule has 0 saturated heterocycles. The van der Waals surface area contributed by atoms with Crippen molar-refractivity contribution in [2.24, 2.45) is 0 Å². The average Bonchev–Trinajstić information content (AvgIpc) is 3.26. The average molecular weight is 324 g/mol.